The quantitative estimate of drug-likeness (QED) is 0.137. The number of nitrogens with zero attached hydrogens (tertiary/aromatic N) is 4. The number of rotatable bonds is 8. The van der Waals surface area contributed by atoms with Gasteiger partial charge >= 0.3 is 0 Å². The van der Waals surface area contributed by atoms with Crippen LogP contribution in [0.2, 0.25) is 0 Å². The molecule has 2 aliphatic carbocycles. The molecule has 1 aromatic rings. The van der Waals surface area contributed by atoms with Crippen molar-refractivity contribution < 1.29 is 9.59 Å². The van der Waals surface area contributed by atoms with E-state index in [0.717, 1.165) is 25.9 Å². The van der Waals surface area contributed by atoms with Crippen molar-refractivity contribution in [3.63, 3.8) is 0 Å². The van der Waals surface area contributed by atoms with Crippen LogP contribution in [0.3, 0.4) is 0 Å². The van der Waals surface area contributed by atoms with Crippen LogP contribution in [-0.4, -0.2) is 58.6 Å². The molecule has 1 aliphatic heterocycles. The molecule has 8 nitrogen and oxygen atoms in total. The summed E-state index contributed by atoms with van der Waals surface area (Å²) in [7, 11) is 0. The first-order valence-electron chi connectivity index (χ1n) is 10.2. The zero-order valence-corrected chi connectivity index (χ0v) is 19.0. The average Bonchev–Trinajstić information content (AvgIpc) is 3.46. The molecular formula is C20H29IN6O2. The van der Waals surface area contributed by atoms with Gasteiger partial charge in [0.2, 0.25) is 11.8 Å². The topological polar surface area (TPSA) is 91.6 Å². The van der Waals surface area contributed by atoms with Gasteiger partial charge in [-0.1, -0.05) is 12.2 Å². The number of carbonyl (C=O) groups excluding carboxylic acids is 2. The van der Waals surface area contributed by atoms with Crippen molar-refractivity contribution >= 4 is 41.8 Å². The SMILES string of the molecule is CCNC(=NCCCn1cccn1)NCCN1C(=O)C2C3C=CC(C3)C2C1=O.I. The number of halogens is 1. The number of guanidine groups is 1. The number of fused-ring (bicyclic) bond motifs is 5. The van der Waals surface area contributed by atoms with Crippen LogP contribution in [0, 0.1) is 23.7 Å². The summed E-state index contributed by atoms with van der Waals surface area (Å²) in [6, 6.07) is 1.91. The fraction of sp³-hybridized carbons (Fsp3) is 0.600. The standard InChI is InChI=1S/C20H28N6O2.HI/c1-2-21-20(22-7-3-10-25-11-4-8-24-25)23-9-12-26-18(27)16-14-5-6-15(13-14)17(16)19(26)28;/h4-6,8,11,14-17H,2-3,7,9-10,12-13H2,1H3,(H2,21,22,23);1H. The highest BCUT2D eigenvalue weighted by atomic mass is 127. The Labute approximate surface area is 188 Å². The third kappa shape index (κ3) is 4.49. The molecule has 3 aliphatic rings. The summed E-state index contributed by atoms with van der Waals surface area (Å²) in [6.45, 7) is 5.17. The first kappa shape index (κ1) is 21.8. The molecule has 9 heteroatoms. The highest BCUT2D eigenvalue weighted by Gasteiger charge is 2.58. The maximum absolute atomic E-state index is 12.7. The summed E-state index contributed by atoms with van der Waals surface area (Å²) in [5, 5.41) is 10.6. The van der Waals surface area contributed by atoms with Gasteiger partial charge in [0.1, 0.15) is 0 Å². The van der Waals surface area contributed by atoms with E-state index in [1.165, 1.54) is 4.90 Å². The Morgan fingerprint density at radius 1 is 1.17 bits per heavy atom. The molecule has 0 radical (unpaired) electrons. The van der Waals surface area contributed by atoms with Gasteiger partial charge in [-0.05, 0) is 37.7 Å². The van der Waals surface area contributed by atoms with E-state index in [0.29, 0.717) is 25.6 Å². The molecular weight excluding hydrogens is 483 g/mol. The normalized spacial score (nSPS) is 27.3. The van der Waals surface area contributed by atoms with Gasteiger partial charge in [-0.25, -0.2) is 0 Å². The fourth-order valence-electron chi connectivity index (χ4n) is 4.67. The molecule has 158 valence electrons. The Bertz CT molecular complexity index is 748. The molecule has 0 aromatic carbocycles. The molecule has 2 bridgehead atoms. The van der Waals surface area contributed by atoms with Crippen molar-refractivity contribution in [3.8, 4) is 0 Å². The van der Waals surface area contributed by atoms with E-state index in [9.17, 15) is 9.59 Å². The van der Waals surface area contributed by atoms with Crippen LogP contribution in [0.1, 0.15) is 19.8 Å². The molecule has 4 unspecified atom stereocenters. The summed E-state index contributed by atoms with van der Waals surface area (Å²) >= 11 is 0. The fourth-order valence-corrected chi connectivity index (χ4v) is 4.67. The molecule has 0 spiro atoms. The molecule has 1 aromatic heterocycles. The smallest absolute Gasteiger partial charge is 0.233 e. The number of hydrogen-bond donors (Lipinski definition) is 2. The minimum absolute atomic E-state index is 0. The van der Waals surface area contributed by atoms with Gasteiger partial charge in [-0.3, -0.25) is 24.2 Å². The summed E-state index contributed by atoms with van der Waals surface area (Å²) in [6.07, 6.45) is 9.81. The molecule has 2 amide bonds. The largest absolute Gasteiger partial charge is 0.357 e. The van der Waals surface area contributed by atoms with Crippen LogP contribution in [0.15, 0.2) is 35.6 Å². The molecule has 1 saturated heterocycles. The second kappa shape index (κ2) is 9.73. The number of hydrogen-bond acceptors (Lipinski definition) is 4. The Kier molecular flexibility index (Phi) is 7.31. The van der Waals surface area contributed by atoms with Crippen molar-refractivity contribution in [2.75, 3.05) is 26.2 Å². The van der Waals surface area contributed by atoms with E-state index >= 15 is 0 Å². The van der Waals surface area contributed by atoms with Gasteiger partial charge in [-0.15, -0.1) is 24.0 Å². The average molecular weight is 512 g/mol. The lowest BCUT2D eigenvalue weighted by molar-refractivity contribution is -0.140. The number of imide groups is 1. The number of nitrogens with one attached hydrogen (secondary N) is 2. The van der Waals surface area contributed by atoms with Gasteiger partial charge in [0.25, 0.3) is 0 Å². The predicted octanol–water partition coefficient (Wildman–Crippen LogP) is 1.25. The van der Waals surface area contributed by atoms with Crippen molar-refractivity contribution in [3.05, 3.63) is 30.6 Å². The van der Waals surface area contributed by atoms with Crippen molar-refractivity contribution in [1.82, 2.24) is 25.3 Å². The lowest BCUT2D eigenvalue weighted by atomic mass is 9.85. The van der Waals surface area contributed by atoms with Crippen molar-refractivity contribution in [2.45, 2.75) is 26.3 Å². The highest BCUT2D eigenvalue weighted by molar-refractivity contribution is 14.0. The maximum Gasteiger partial charge on any atom is 0.233 e. The Morgan fingerprint density at radius 3 is 2.52 bits per heavy atom. The van der Waals surface area contributed by atoms with Crippen LogP contribution >= 0.6 is 24.0 Å². The lowest BCUT2D eigenvalue weighted by Crippen LogP contribution is -2.43. The third-order valence-electron chi connectivity index (χ3n) is 5.91. The minimum Gasteiger partial charge on any atom is -0.357 e. The molecule has 2 N–H and O–H groups in total. The second-order valence-corrected chi connectivity index (χ2v) is 7.64. The lowest BCUT2D eigenvalue weighted by Gasteiger charge is -2.18. The van der Waals surface area contributed by atoms with Gasteiger partial charge in [0.05, 0.1) is 11.8 Å². The van der Waals surface area contributed by atoms with Gasteiger partial charge in [0.15, 0.2) is 5.96 Å². The van der Waals surface area contributed by atoms with Gasteiger partial charge in [0, 0.05) is 45.1 Å². The van der Waals surface area contributed by atoms with Gasteiger partial charge in [-0.2, -0.15) is 5.10 Å². The number of carbonyl (C=O) groups is 2. The van der Waals surface area contributed by atoms with Crippen LogP contribution in [-0.2, 0) is 16.1 Å². The molecule has 4 rings (SSSR count). The summed E-state index contributed by atoms with van der Waals surface area (Å²) < 4.78 is 1.89. The van der Waals surface area contributed by atoms with Crippen LogP contribution in [0.5, 0.6) is 0 Å². The summed E-state index contributed by atoms with van der Waals surface area (Å²) in [5.41, 5.74) is 0. The second-order valence-electron chi connectivity index (χ2n) is 7.64. The zero-order valence-electron chi connectivity index (χ0n) is 16.7. The molecule has 4 atom stereocenters. The third-order valence-corrected chi connectivity index (χ3v) is 5.91. The maximum atomic E-state index is 12.7. The summed E-state index contributed by atoms with van der Waals surface area (Å²) in [5.74, 6) is 1.02. The molecule has 29 heavy (non-hydrogen) atoms. The van der Waals surface area contributed by atoms with E-state index in [2.05, 4.69) is 32.9 Å². The number of aryl methyl sites for hydroxylation is 1. The number of aliphatic imine (C=N–C) groups is 1. The molecule has 2 fully saturated rings. The summed E-state index contributed by atoms with van der Waals surface area (Å²) in [4.78, 5) is 31.4. The van der Waals surface area contributed by atoms with E-state index in [1.807, 2.05) is 23.9 Å². The number of allylic oxidation sites excluding steroid dienone is 2. The predicted molar refractivity (Wildman–Crippen MR) is 121 cm³/mol. The van der Waals surface area contributed by atoms with Gasteiger partial charge < -0.3 is 10.6 Å². The minimum atomic E-state index is -0.119. The Balaban J connectivity index is 0.00000240. The van der Waals surface area contributed by atoms with E-state index in [1.54, 1.807) is 6.20 Å². The number of aromatic nitrogens is 2. The molecule has 1 saturated carbocycles. The van der Waals surface area contributed by atoms with E-state index < -0.39 is 0 Å². The Hall–Kier alpha value is -1.91. The monoisotopic (exact) mass is 512 g/mol. The molecule has 2 heterocycles. The van der Waals surface area contributed by atoms with E-state index in [4.69, 9.17) is 0 Å². The van der Waals surface area contributed by atoms with Crippen molar-refractivity contribution in [1.29, 1.82) is 0 Å². The van der Waals surface area contributed by atoms with Crippen LogP contribution < -0.4 is 10.6 Å². The zero-order chi connectivity index (χ0) is 19.5. The first-order chi connectivity index (χ1) is 13.7. The number of likely N-dealkylation sites (tertiary alicyclic amines) is 1. The van der Waals surface area contributed by atoms with Crippen LogP contribution in [0.25, 0.3) is 0 Å². The van der Waals surface area contributed by atoms with Crippen LogP contribution in [0.4, 0.5) is 0 Å². The Morgan fingerprint density at radius 2 is 1.90 bits per heavy atom. The first-order valence-corrected chi connectivity index (χ1v) is 10.2. The number of amides is 2. The van der Waals surface area contributed by atoms with E-state index in [-0.39, 0.29) is 59.5 Å². The highest BCUT2D eigenvalue weighted by Crippen LogP contribution is 2.52. The van der Waals surface area contributed by atoms with Crippen molar-refractivity contribution in [2.24, 2.45) is 28.7 Å².